The number of aryl methyl sites for hydroxylation is 3. The quantitative estimate of drug-likeness (QED) is 0.0997. The van der Waals surface area contributed by atoms with Gasteiger partial charge in [-0.15, -0.1) is 0 Å². The van der Waals surface area contributed by atoms with Gasteiger partial charge in [-0.2, -0.15) is 0 Å². The SMILES string of the molecule is CCCCc1ccc(N(c2ccc(CCCC)cc2)c2cccc(N(c3ccc(CCCC)cc3)c3ccccc3-c3ccccc3)c2Cl)cc1. The molecule has 0 N–H and O–H groups in total. The lowest BCUT2D eigenvalue weighted by Crippen LogP contribution is -2.15. The second-order valence-corrected chi connectivity index (χ2v) is 13.9. The number of anilines is 6. The summed E-state index contributed by atoms with van der Waals surface area (Å²) in [5.41, 5.74) is 12.6. The predicted molar refractivity (Wildman–Crippen MR) is 222 cm³/mol. The molecule has 0 radical (unpaired) electrons. The van der Waals surface area contributed by atoms with Crippen molar-refractivity contribution >= 4 is 45.7 Å². The molecule has 51 heavy (non-hydrogen) atoms. The van der Waals surface area contributed by atoms with Crippen LogP contribution in [-0.2, 0) is 19.3 Å². The minimum absolute atomic E-state index is 0.695. The van der Waals surface area contributed by atoms with E-state index >= 15 is 0 Å². The highest BCUT2D eigenvalue weighted by atomic mass is 35.5. The van der Waals surface area contributed by atoms with Crippen LogP contribution in [0.3, 0.4) is 0 Å². The fourth-order valence-corrected chi connectivity index (χ4v) is 7.09. The molecule has 0 aliphatic rings. The van der Waals surface area contributed by atoms with E-state index in [9.17, 15) is 0 Å². The number of hydrogen-bond donors (Lipinski definition) is 0. The third-order valence-electron chi connectivity index (χ3n) is 9.71. The van der Waals surface area contributed by atoms with Crippen molar-refractivity contribution in [1.82, 2.24) is 0 Å². The van der Waals surface area contributed by atoms with Gasteiger partial charge in [-0.3, -0.25) is 0 Å². The van der Waals surface area contributed by atoms with Gasteiger partial charge in [0.2, 0.25) is 0 Å². The molecule has 0 amide bonds. The van der Waals surface area contributed by atoms with Gasteiger partial charge in [-0.05, 0) is 115 Å². The first-order valence-corrected chi connectivity index (χ1v) is 19.3. The molecule has 6 rings (SSSR count). The number of halogens is 1. The Kier molecular flexibility index (Phi) is 12.7. The van der Waals surface area contributed by atoms with Crippen molar-refractivity contribution in [1.29, 1.82) is 0 Å². The van der Waals surface area contributed by atoms with Crippen molar-refractivity contribution < 1.29 is 0 Å². The molecule has 0 spiro atoms. The molecule has 0 atom stereocenters. The van der Waals surface area contributed by atoms with Crippen LogP contribution in [0.25, 0.3) is 11.1 Å². The number of hydrogen-bond acceptors (Lipinski definition) is 2. The Morgan fingerprint density at radius 2 is 0.784 bits per heavy atom. The van der Waals surface area contributed by atoms with Gasteiger partial charge in [0, 0.05) is 22.6 Å². The van der Waals surface area contributed by atoms with E-state index in [1.165, 1.54) is 55.2 Å². The van der Waals surface area contributed by atoms with Gasteiger partial charge in [-0.25, -0.2) is 0 Å². The van der Waals surface area contributed by atoms with Gasteiger partial charge in [0.15, 0.2) is 0 Å². The van der Waals surface area contributed by atoms with Crippen LogP contribution in [0.1, 0.15) is 76.0 Å². The van der Waals surface area contributed by atoms with Gasteiger partial charge in [0.25, 0.3) is 0 Å². The van der Waals surface area contributed by atoms with E-state index < -0.39 is 0 Å². The second kappa shape index (κ2) is 17.9. The van der Waals surface area contributed by atoms with Crippen LogP contribution >= 0.6 is 11.6 Å². The molecule has 0 saturated heterocycles. The van der Waals surface area contributed by atoms with Crippen LogP contribution in [0.15, 0.2) is 146 Å². The van der Waals surface area contributed by atoms with Crippen LogP contribution in [0.5, 0.6) is 0 Å². The molecule has 2 nitrogen and oxygen atoms in total. The van der Waals surface area contributed by atoms with Crippen LogP contribution in [-0.4, -0.2) is 0 Å². The molecule has 0 saturated carbocycles. The van der Waals surface area contributed by atoms with Gasteiger partial charge >= 0.3 is 0 Å². The molecular weight excluding hydrogens is 640 g/mol. The van der Waals surface area contributed by atoms with Gasteiger partial charge in [-0.1, -0.05) is 143 Å². The maximum absolute atomic E-state index is 7.71. The van der Waals surface area contributed by atoms with Crippen LogP contribution < -0.4 is 9.80 Å². The average Bonchev–Trinajstić information content (AvgIpc) is 3.19. The predicted octanol–water partition coefficient (Wildman–Crippen LogP) is 15.0. The number of unbranched alkanes of at least 4 members (excludes halogenated alkanes) is 3. The minimum Gasteiger partial charge on any atom is -0.309 e. The molecule has 0 aliphatic carbocycles. The largest absolute Gasteiger partial charge is 0.309 e. The smallest absolute Gasteiger partial charge is 0.0887 e. The van der Waals surface area contributed by atoms with E-state index in [1.807, 2.05) is 0 Å². The zero-order valence-corrected chi connectivity index (χ0v) is 31.2. The molecule has 0 heterocycles. The molecule has 0 aliphatic heterocycles. The third-order valence-corrected chi connectivity index (χ3v) is 10.1. The van der Waals surface area contributed by atoms with E-state index in [0.29, 0.717) is 5.02 Å². The van der Waals surface area contributed by atoms with Crippen molar-refractivity contribution in [3.8, 4) is 11.1 Å². The normalized spacial score (nSPS) is 11.1. The third kappa shape index (κ3) is 8.75. The topological polar surface area (TPSA) is 6.48 Å². The van der Waals surface area contributed by atoms with E-state index in [4.69, 9.17) is 11.6 Å². The Hall–Kier alpha value is -4.79. The van der Waals surface area contributed by atoms with Crippen molar-refractivity contribution in [3.05, 3.63) is 167 Å². The average molecular weight is 691 g/mol. The molecular formula is C48H51ClN2. The standard InChI is InChI=1S/C48H51ClN2/c1-4-7-16-37-25-31-41(32-26-37)50(42-33-27-38(28-34-42)17-8-5-2)46-23-15-24-47(48(46)49)51(43-35-29-39(30-36-43)18-9-6-3)45-22-14-13-21-44(45)40-19-11-10-12-20-40/h10-15,19-36H,4-9,16-18H2,1-3H3. The highest BCUT2D eigenvalue weighted by molar-refractivity contribution is 6.36. The summed E-state index contributed by atoms with van der Waals surface area (Å²) >= 11 is 7.71. The van der Waals surface area contributed by atoms with Crippen LogP contribution in [0, 0.1) is 0 Å². The summed E-state index contributed by atoms with van der Waals surface area (Å²) in [5.74, 6) is 0. The summed E-state index contributed by atoms with van der Waals surface area (Å²) in [6.45, 7) is 6.74. The minimum atomic E-state index is 0.695. The van der Waals surface area contributed by atoms with E-state index in [-0.39, 0.29) is 0 Å². The number of rotatable bonds is 16. The van der Waals surface area contributed by atoms with Crippen LogP contribution in [0.4, 0.5) is 34.1 Å². The zero-order valence-electron chi connectivity index (χ0n) is 30.5. The van der Waals surface area contributed by atoms with Gasteiger partial charge < -0.3 is 9.80 Å². The van der Waals surface area contributed by atoms with Crippen molar-refractivity contribution in [3.63, 3.8) is 0 Å². The number of nitrogens with zero attached hydrogens (tertiary/aromatic N) is 2. The Bertz CT molecular complexity index is 1900. The van der Waals surface area contributed by atoms with E-state index in [0.717, 1.165) is 64.5 Å². The zero-order chi connectivity index (χ0) is 35.4. The Morgan fingerprint density at radius 1 is 0.392 bits per heavy atom. The lowest BCUT2D eigenvalue weighted by Gasteiger charge is -2.32. The lowest BCUT2D eigenvalue weighted by molar-refractivity contribution is 0.795. The van der Waals surface area contributed by atoms with Gasteiger partial charge in [0.05, 0.1) is 22.1 Å². The number of para-hydroxylation sites is 1. The molecule has 0 unspecified atom stereocenters. The summed E-state index contributed by atoms with van der Waals surface area (Å²) in [6.07, 6.45) is 10.4. The van der Waals surface area contributed by atoms with E-state index in [2.05, 4.69) is 176 Å². The Morgan fingerprint density at radius 3 is 1.25 bits per heavy atom. The highest BCUT2D eigenvalue weighted by Crippen LogP contribution is 2.48. The molecule has 0 bridgehead atoms. The van der Waals surface area contributed by atoms with Crippen LogP contribution in [0.2, 0.25) is 5.02 Å². The maximum Gasteiger partial charge on any atom is 0.0887 e. The van der Waals surface area contributed by atoms with Crippen molar-refractivity contribution in [2.45, 2.75) is 78.6 Å². The first-order chi connectivity index (χ1) is 25.1. The summed E-state index contributed by atoms with van der Waals surface area (Å²) in [7, 11) is 0. The Labute approximate surface area is 311 Å². The highest BCUT2D eigenvalue weighted by Gasteiger charge is 2.24. The molecule has 6 aromatic rings. The maximum atomic E-state index is 7.71. The Balaban J connectivity index is 1.51. The summed E-state index contributed by atoms with van der Waals surface area (Å²) in [5, 5.41) is 0.695. The van der Waals surface area contributed by atoms with Crippen molar-refractivity contribution in [2.75, 3.05) is 9.80 Å². The molecule has 260 valence electrons. The molecule has 3 heteroatoms. The van der Waals surface area contributed by atoms with Crippen molar-refractivity contribution in [2.24, 2.45) is 0 Å². The number of benzene rings is 6. The molecule has 0 fully saturated rings. The first kappa shape index (κ1) is 36.0. The van der Waals surface area contributed by atoms with Gasteiger partial charge in [0.1, 0.15) is 0 Å². The fraction of sp³-hybridized carbons (Fsp3) is 0.250. The molecule has 6 aromatic carbocycles. The second-order valence-electron chi connectivity index (χ2n) is 13.5. The molecule has 0 aromatic heterocycles. The summed E-state index contributed by atoms with van der Waals surface area (Å²) in [6, 6.07) is 52.8. The monoisotopic (exact) mass is 690 g/mol. The summed E-state index contributed by atoms with van der Waals surface area (Å²) in [4.78, 5) is 4.64. The lowest BCUT2D eigenvalue weighted by atomic mass is 10.0. The first-order valence-electron chi connectivity index (χ1n) is 18.9. The van der Waals surface area contributed by atoms with E-state index in [1.54, 1.807) is 0 Å². The fourth-order valence-electron chi connectivity index (χ4n) is 6.80. The summed E-state index contributed by atoms with van der Waals surface area (Å²) < 4.78 is 0.